The minimum atomic E-state index is 1.02. The molecule has 0 N–H and O–H groups in total. The molecule has 60 valence electrons. The van der Waals surface area contributed by atoms with Crippen molar-refractivity contribution in [3.05, 3.63) is 0 Å². The Labute approximate surface area is 65.0 Å². The molecular formula is C10H20. The van der Waals surface area contributed by atoms with E-state index in [-0.39, 0.29) is 0 Å². The van der Waals surface area contributed by atoms with Gasteiger partial charge in [0.1, 0.15) is 0 Å². The van der Waals surface area contributed by atoms with Crippen molar-refractivity contribution in [2.45, 2.75) is 52.4 Å². The molecular weight excluding hydrogens is 120 g/mol. The molecule has 1 rings (SSSR count). The fraction of sp³-hybridized carbons (Fsp3) is 1.00. The second-order valence-corrected chi connectivity index (χ2v) is 3.81. The van der Waals surface area contributed by atoms with Gasteiger partial charge in [-0.25, -0.2) is 0 Å². The second kappa shape index (κ2) is 4.00. The Morgan fingerprint density at radius 3 is 2.50 bits per heavy atom. The molecule has 1 aliphatic carbocycles. The van der Waals surface area contributed by atoms with Crippen molar-refractivity contribution >= 4 is 0 Å². The highest BCUT2D eigenvalue weighted by Crippen LogP contribution is 2.32. The highest BCUT2D eigenvalue weighted by atomic mass is 14.2. The summed E-state index contributed by atoms with van der Waals surface area (Å²) in [6.07, 6.45) is 8.84. The van der Waals surface area contributed by atoms with Crippen molar-refractivity contribution in [3.63, 3.8) is 0 Å². The lowest BCUT2D eigenvalue weighted by atomic mass is 9.78. The molecule has 0 heterocycles. The van der Waals surface area contributed by atoms with Crippen LogP contribution in [0.1, 0.15) is 52.4 Å². The molecule has 10 heavy (non-hydrogen) atoms. The Bertz CT molecular complexity index is 84.0. The molecule has 0 aromatic carbocycles. The fourth-order valence-corrected chi connectivity index (χ4v) is 2.19. The molecule has 1 unspecified atom stereocenters. The summed E-state index contributed by atoms with van der Waals surface area (Å²) in [5.74, 6) is 2.09. The molecule has 0 saturated heterocycles. The van der Waals surface area contributed by atoms with E-state index in [1.54, 1.807) is 0 Å². The third-order valence-corrected chi connectivity index (χ3v) is 2.95. The monoisotopic (exact) mass is 140 g/mol. The van der Waals surface area contributed by atoms with Crippen molar-refractivity contribution in [2.24, 2.45) is 11.8 Å². The van der Waals surface area contributed by atoms with E-state index in [9.17, 15) is 0 Å². The zero-order valence-corrected chi connectivity index (χ0v) is 7.40. The molecule has 0 aliphatic heterocycles. The Hall–Kier alpha value is 0. The van der Waals surface area contributed by atoms with Gasteiger partial charge >= 0.3 is 0 Å². The molecule has 0 bridgehead atoms. The molecule has 0 aromatic rings. The molecule has 0 radical (unpaired) electrons. The lowest BCUT2D eigenvalue weighted by molar-refractivity contribution is 0.240. The van der Waals surface area contributed by atoms with Crippen LogP contribution in [0.25, 0.3) is 0 Å². The van der Waals surface area contributed by atoms with E-state index in [1.165, 1.54) is 38.5 Å². The van der Waals surface area contributed by atoms with Crippen molar-refractivity contribution in [1.29, 1.82) is 0 Å². The predicted octanol–water partition coefficient (Wildman–Crippen LogP) is 3.61. The molecule has 1 aliphatic rings. The summed E-state index contributed by atoms with van der Waals surface area (Å²) in [7, 11) is 0. The zero-order valence-electron chi connectivity index (χ0n) is 7.40. The first kappa shape index (κ1) is 8.10. The van der Waals surface area contributed by atoms with Crippen LogP contribution < -0.4 is 0 Å². The molecule has 1 saturated carbocycles. The molecule has 1 fully saturated rings. The summed E-state index contributed by atoms with van der Waals surface area (Å²) in [5, 5.41) is 0. The molecule has 0 amide bonds. The first-order valence-corrected chi connectivity index (χ1v) is 4.84. The highest BCUT2D eigenvalue weighted by Gasteiger charge is 2.19. The van der Waals surface area contributed by atoms with E-state index >= 15 is 0 Å². The summed E-state index contributed by atoms with van der Waals surface area (Å²) in [4.78, 5) is 0. The van der Waals surface area contributed by atoms with Gasteiger partial charge in [-0.2, -0.15) is 0 Å². The van der Waals surface area contributed by atoms with Gasteiger partial charge in [-0.3, -0.25) is 0 Å². The molecule has 0 nitrogen and oxygen atoms in total. The quantitative estimate of drug-likeness (QED) is 0.549. The summed E-state index contributed by atoms with van der Waals surface area (Å²) in [6.45, 7) is 4.74. The van der Waals surface area contributed by atoms with Crippen LogP contribution in [0.4, 0.5) is 0 Å². The average Bonchev–Trinajstić information content (AvgIpc) is 1.94. The van der Waals surface area contributed by atoms with Crippen LogP contribution in [0.3, 0.4) is 0 Å². The van der Waals surface area contributed by atoms with Crippen LogP contribution in [-0.4, -0.2) is 0 Å². The van der Waals surface area contributed by atoms with Crippen LogP contribution in [0.15, 0.2) is 0 Å². The van der Waals surface area contributed by atoms with E-state index in [0.29, 0.717) is 0 Å². The molecule has 0 aromatic heterocycles. The Morgan fingerprint density at radius 2 is 1.90 bits per heavy atom. The van der Waals surface area contributed by atoms with Crippen molar-refractivity contribution in [3.8, 4) is 0 Å². The zero-order chi connectivity index (χ0) is 7.40. The van der Waals surface area contributed by atoms with Gasteiger partial charge in [0.15, 0.2) is 0 Å². The Balaban J connectivity index is 2.25. The van der Waals surface area contributed by atoms with Gasteiger partial charge in [0, 0.05) is 0 Å². The molecule has 0 heteroatoms. The third kappa shape index (κ3) is 2.00. The van der Waals surface area contributed by atoms with Gasteiger partial charge < -0.3 is 0 Å². The maximum Gasteiger partial charge on any atom is -0.0389 e. The first-order chi connectivity index (χ1) is 4.84. The number of rotatable bonds is 2. The number of hydrogen-bond donors (Lipinski definition) is 0. The van der Waals surface area contributed by atoms with Crippen LogP contribution in [0.2, 0.25) is 0 Å². The predicted molar refractivity (Wildman–Crippen MR) is 46.0 cm³/mol. The largest absolute Gasteiger partial charge is 0.0654 e. The third-order valence-electron chi connectivity index (χ3n) is 2.95. The average molecular weight is 140 g/mol. The minimum absolute atomic E-state index is 1.02. The van der Waals surface area contributed by atoms with Gasteiger partial charge in [0.25, 0.3) is 0 Å². The minimum Gasteiger partial charge on any atom is -0.0654 e. The summed E-state index contributed by atoms with van der Waals surface area (Å²) in [6, 6.07) is 0. The van der Waals surface area contributed by atoms with Crippen LogP contribution in [0.5, 0.6) is 0 Å². The van der Waals surface area contributed by atoms with Gasteiger partial charge in [-0.05, 0) is 11.8 Å². The topological polar surface area (TPSA) is 0 Å². The van der Waals surface area contributed by atoms with Gasteiger partial charge in [0.05, 0.1) is 0 Å². The van der Waals surface area contributed by atoms with Crippen molar-refractivity contribution < 1.29 is 0 Å². The van der Waals surface area contributed by atoms with Gasteiger partial charge in [-0.15, -0.1) is 0 Å². The summed E-state index contributed by atoms with van der Waals surface area (Å²) < 4.78 is 0. The summed E-state index contributed by atoms with van der Waals surface area (Å²) in [5.41, 5.74) is 0. The van der Waals surface area contributed by atoms with E-state index in [4.69, 9.17) is 0 Å². The van der Waals surface area contributed by atoms with E-state index in [1.807, 2.05) is 0 Å². The van der Waals surface area contributed by atoms with Crippen LogP contribution in [0, 0.1) is 11.8 Å². The van der Waals surface area contributed by atoms with Crippen LogP contribution >= 0.6 is 0 Å². The van der Waals surface area contributed by atoms with Crippen molar-refractivity contribution in [2.75, 3.05) is 0 Å². The lowest BCUT2D eigenvalue weighted by Gasteiger charge is -2.28. The lowest BCUT2D eigenvalue weighted by Crippen LogP contribution is -2.15. The second-order valence-electron chi connectivity index (χ2n) is 3.81. The fourth-order valence-electron chi connectivity index (χ4n) is 2.19. The molecule has 2 atom stereocenters. The van der Waals surface area contributed by atoms with E-state index < -0.39 is 0 Å². The first-order valence-electron chi connectivity index (χ1n) is 4.84. The standard InChI is InChI=1S/C10H20/c1-3-6-10-8-5-4-7-9(10)2/h9-10H,3-8H2,1-2H3/t9?,10-/m1/s1. The SMILES string of the molecule is CCC[C@@H]1CCCCC1C. The van der Waals surface area contributed by atoms with Crippen molar-refractivity contribution in [1.82, 2.24) is 0 Å². The number of hydrogen-bond acceptors (Lipinski definition) is 0. The molecule has 0 spiro atoms. The Kier molecular flexibility index (Phi) is 3.24. The maximum absolute atomic E-state index is 2.43. The Morgan fingerprint density at radius 1 is 1.20 bits per heavy atom. The highest BCUT2D eigenvalue weighted by molar-refractivity contribution is 4.71. The van der Waals surface area contributed by atoms with Gasteiger partial charge in [-0.1, -0.05) is 52.4 Å². The maximum atomic E-state index is 2.43. The van der Waals surface area contributed by atoms with E-state index in [2.05, 4.69) is 13.8 Å². The normalized spacial score (nSPS) is 34.2. The van der Waals surface area contributed by atoms with Crippen LogP contribution in [-0.2, 0) is 0 Å². The smallest absolute Gasteiger partial charge is 0.0389 e. The van der Waals surface area contributed by atoms with E-state index in [0.717, 1.165) is 11.8 Å². The van der Waals surface area contributed by atoms with Gasteiger partial charge in [0.2, 0.25) is 0 Å². The summed E-state index contributed by atoms with van der Waals surface area (Å²) >= 11 is 0.